The Morgan fingerprint density at radius 1 is 0.342 bits per heavy atom. The second-order valence-corrected chi connectivity index (χ2v) is 24.3. The van der Waals surface area contributed by atoms with E-state index in [4.69, 9.17) is 70.6 Å². The number of aliphatic carboxylic acids is 3. The molecule has 2 saturated heterocycles. The van der Waals surface area contributed by atoms with Crippen molar-refractivity contribution in [2.75, 3.05) is 135 Å². The van der Waals surface area contributed by atoms with Crippen molar-refractivity contribution >= 4 is 138 Å². The fraction of sp³-hybridized carbons (Fsp3) is 0.368. The Kier molecular flexibility index (Phi) is 130. The van der Waals surface area contributed by atoms with Gasteiger partial charge in [0.15, 0.2) is 0 Å². The van der Waals surface area contributed by atoms with Crippen molar-refractivity contribution in [3.05, 3.63) is 169 Å². The molecule has 2 aliphatic rings. The topological polar surface area (TPSA) is 677 Å². The number of benzene rings is 6. The summed E-state index contributed by atoms with van der Waals surface area (Å²) in [5.74, 6) is -3.59. The first-order valence-electron chi connectivity index (χ1n) is 30.2. The second kappa shape index (κ2) is 99.2. The number of hydrogen-bond acceptors (Lipinski definition) is 33. The van der Waals surface area contributed by atoms with Gasteiger partial charge >= 0.3 is 98.9 Å². The maximum atomic E-state index is 12.8. The largest absolute Gasteiger partial charge is 2.00 e. The number of rotatable bonds is 18. The van der Waals surface area contributed by atoms with E-state index in [2.05, 4.69) is 149 Å². The van der Waals surface area contributed by atoms with Crippen molar-refractivity contribution < 1.29 is 254 Å². The summed E-state index contributed by atoms with van der Waals surface area (Å²) in [7, 11) is 8.00. The van der Waals surface area contributed by atoms with Crippen LogP contribution in [0.4, 0.5) is 0 Å². The zero-order chi connectivity index (χ0) is 81.6. The van der Waals surface area contributed by atoms with Gasteiger partial charge in [-0.25, -0.2) is 0 Å². The van der Waals surface area contributed by atoms with Gasteiger partial charge in [-0.15, -0.1) is 11.5 Å². The van der Waals surface area contributed by atoms with Crippen LogP contribution in [0.15, 0.2) is 170 Å². The van der Waals surface area contributed by atoms with Gasteiger partial charge in [-0.2, -0.15) is 0 Å². The maximum Gasteiger partial charge on any atom is 2.00 e. The molecule has 117 heavy (non-hydrogen) atoms. The first kappa shape index (κ1) is 154. The number of carbonyl (C=O) groups is 3. The van der Waals surface area contributed by atoms with E-state index in [9.17, 15) is 30.6 Å². The fourth-order valence-corrected chi connectivity index (χ4v) is 10.8. The Bertz CT molecular complexity index is 3160. The van der Waals surface area contributed by atoms with Crippen molar-refractivity contribution in [1.29, 1.82) is 0 Å². The van der Waals surface area contributed by atoms with Crippen molar-refractivity contribution in [3.63, 3.8) is 0 Å². The molecule has 7 aromatic rings. The van der Waals surface area contributed by atoms with Crippen molar-refractivity contribution in [2.45, 2.75) is 33.1 Å². The average Bonchev–Trinajstić information content (AvgIpc) is 1.68. The van der Waals surface area contributed by atoms with Crippen LogP contribution in [0.5, 0.6) is 34.5 Å². The normalized spacial score (nSPS) is 11.9. The van der Waals surface area contributed by atoms with Gasteiger partial charge in [-0.1, -0.05) is 155 Å². The monoisotopic (exact) mass is 2330 g/mol. The van der Waals surface area contributed by atoms with E-state index < -0.39 is 17.9 Å². The molecular weight excluding hydrogens is 2240 g/mol. The molecule has 49 heteroatoms. The van der Waals surface area contributed by atoms with Gasteiger partial charge < -0.3 is 141 Å². The number of carboxylic acids is 3. The molecule has 6 aromatic carbocycles. The molecule has 0 unspecified atom stereocenters. The second-order valence-electron chi connectivity index (χ2n) is 18.8. The van der Waals surface area contributed by atoms with Crippen LogP contribution in [-0.4, -0.2) is 266 Å². The molecule has 0 radical (unpaired) electrons. The Balaban J connectivity index is -0.0000000784. The number of nitrogens with zero attached hydrogens (tertiary/aromatic N) is 8. The molecule has 686 valence electrons. The van der Waals surface area contributed by atoms with E-state index >= 15 is 0 Å². The van der Waals surface area contributed by atoms with Crippen LogP contribution in [0, 0.1) is 0 Å². The van der Waals surface area contributed by atoms with Crippen LogP contribution in [0.3, 0.4) is 0 Å². The smallest absolute Gasteiger partial charge is 1.00 e. The Morgan fingerprint density at radius 3 is 0.641 bits per heavy atom. The quantitative estimate of drug-likeness (QED) is 0.0230. The summed E-state index contributed by atoms with van der Waals surface area (Å²) in [4.78, 5) is 53.5. The third kappa shape index (κ3) is 72.3. The van der Waals surface area contributed by atoms with E-state index in [1.807, 2.05) is 12.1 Å². The molecule has 0 aliphatic carbocycles. The predicted octanol–water partition coefficient (Wildman–Crippen LogP) is -4.14. The summed E-state index contributed by atoms with van der Waals surface area (Å²) in [6, 6.07) is 30.3. The Morgan fingerprint density at radius 2 is 0.487 bits per heavy atom. The van der Waals surface area contributed by atoms with Crippen molar-refractivity contribution in [2.24, 2.45) is 20.0 Å². The number of carbonyl (C=O) groups excluding carboxylic acids is 3. The number of halogens is 7. The molecule has 0 amide bonds. The molecule has 16 N–H and O–H groups in total. The summed E-state index contributed by atoms with van der Waals surface area (Å²) >= 11 is 20.5. The number of hydrogen-bond donors (Lipinski definition) is 8. The zero-order valence-electron chi connectivity index (χ0n) is 64.1. The Labute approximate surface area is 796 Å². The standard InChI is InChI=1S/2C27H27Br3N4O3.3C2H4O2.8CH4O.ClH.6Ni.O3.5H2O/c2*28-20-1-4-24(35)18(13-20)16-31-7-9-33-11-12-34(27(33)23-15-22(30)3-6-26(23)37)10-8-32-17-19-14-21(29)2-5-25(19)36;3*1-2(3)4;8*1-2;;;;;;;;1-2-3-1;;;;;/h2*1-6,13-17,27,35-37H,7-12H2;3*1H3,(H,3,4);8*2H,1H3;1H;;;;;;;;5*1H2/q;;;;;;;;;;;;;;6*+2;;;;;;/p-12. The van der Waals surface area contributed by atoms with E-state index in [-0.39, 0.29) is 186 Å². The van der Waals surface area contributed by atoms with E-state index in [1.54, 1.807) is 97.7 Å². The van der Waals surface area contributed by atoms with Gasteiger partial charge in [0.1, 0.15) is 0 Å². The van der Waals surface area contributed by atoms with Crippen molar-refractivity contribution in [1.82, 2.24) is 19.6 Å². The first-order chi connectivity index (χ1) is 50.3. The third-order valence-electron chi connectivity index (χ3n) is 12.2. The molecule has 3 heterocycles. The van der Waals surface area contributed by atoms with E-state index in [1.165, 1.54) is 24.3 Å². The number of aliphatic hydroxyl groups excluding tert-OH is 8. The minimum absolute atomic E-state index is 0. The number of carboxylic acid groups (broad SMARTS) is 3. The van der Waals surface area contributed by atoms with Crippen LogP contribution < -0.4 is 58.4 Å². The molecule has 0 atom stereocenters. The average molecular weight is 2340 g/mol. The molecule has 9 rings (SSSR count). The predicted molar refractivity (Wildman–Crippen MR) is 418 cm³/mol. The van der Waals surface area contributed by atoms with Gasteiger partial charge in [0.2, 0.25) is 0 Å². The summed E-state index contributed by atoms with van der Waals surface area (Å²) in [5.41, 5.74) is 3.53. The number of aliphatic imine (C=N–C) groups is 4. The molecule has 0 saturated carbocycles. The van der Waals surface area contributed by atoms with Crippen LogP contribution in [-0.2, 0) is 113 Å². The van der Waals surface area contributed by atoms with Crippen LogP contribution >= 0.6 is 95.6 Å². The van der Waals surface area contributed by atoms with Gasteiger partial charge in [0.25, 0.3) is 0 Å². The van der Waals surface area contributed by atoms with E-state index in [0.29, 0.717) is 85.7 Å². The molecule has 1 aromatic heterocycles. The van der Waals surface area contributed by atoms with Gasteiger partial charge in [-0.3, -0.25) is 39.6 Å². The molecule has 0 bridgehead atoms. The van der Waals surface area contributed by atoms with Crippen molar-refractivity contribution in [3.8, 4) is 34.5 Å². The van der Waals surface area contributed by atoms with Crippen LogP contribution in [0.2, 0.25) is 0 Å². The maximum absolute atomic E-state index is 12.8. The van der Waals surface area contributed by atoms with Crippen LogP contribution in [0.1, 0.15) is 66.5 Å². The van der Waals surface area contributed by atoms with E-state index in [0.717, 1.165) is 131 Å². The first-order valence-corrected chi connectivity index (χ1v) is 34.9. The zero-order valence-corrected chi connectivity index (χ0v) is 80.3. The molecular formula is C68H97Br6ClN8Ni6O28. The third-order valence-corrected chi connectivity index (χ3v) is 15.1. The fourth-order valence-electron chi connectivity index (χ4n) is 8.51. The number of aliphatic hydroxyl groups is 8. The summed E-state index contributed by atoms with van der Waals surface area (Å²) in [6.45, 7) is 10.5. The summed E-state index contributed by atoms with van der Waals surface area (Å²) < 4.78 is 15.5. The molecule has 36 nitrogen and oxygen atoms in total. The van der Waals surface area contributed by atoms with Crippen LogP contribution in [0.25, 0.3) is 0 Å². The summed E-state index contributed by atoms with van der Waals surface area (Å²) in [6.07, 6.45) is 6.00. The Hall–Kier alpha value is -3.94. The molecule has 2 aliphatic heterocycles. The van der Waals surface area contributed by atoms with Gasteiger partial charge in [-0.05, 0) is 127 Å². The summed E-state index contributed by atoms with van der Waals surface area (Å²) in [5, 5.41) is 156. The minimum atomic E-state index is -1.08. The SMILES string of the molecule is CC(=O)[O-].CC(=O)[O-].CC(=O)[O-].CO.CO.CO.CO.CO.CO.CO.CO.O.O.O.[Cl-].[Ni+2].[Ni+2].[Ni+2].[Ni+2].[Ni+2].[Ni+2].[O-]c1ccc(Br)cc1C=NCCN1CCN(CCN=Cc2cc(Br)ccc2[O-])C1c1cc(Br)ccc1[O-].[O-]c1ccc(Br)cc1C=NCCN1CCN(CCN=Cc2cc(Br)ccc2[O-])C1c1cc(Br)ccc1[O-].[OH-].[OH-].o1oo1. The van der Waals surface area contributed by atoms with Gasteiger partial charge in [0.05, 0.1) is 38.5 Å². The van der Waals surface area contributed by atoms with Gasteiger partial charge in [0, 0.05) is 193 Å². The minimum Gasteiger partial charge on any atom is -1.00 e. The molecule has 2 fully saturated rings. The molecule has 0 spiro atoms.